The molecule has 2 rings (SSSR count). The van der Waals surface area contributed by atoms with Crippen molar-refractivity contribution >= 4 is 44.9 Å². The van der Waals surface area contributed by atoms with Gasteiger partial charge in [0.15, 0.2) is 11.5 Å². The Morgan fingerprint density at radius 1 is 1.27 bits per heavy atom. The predicted molar refractivity (Wildman–Crippen MR) is 109 cm³/mol. The van der Waals surface area contributed by atoms with Crippen LogP contribution in [0.1, 0.15) is 32.8 Å². The molecule has 1 aromatic carbocycles. The Kier molecular flexibility index (Phi) is 7.34. The lowest BCUT2D eigenvalue weighted by Crippen LogP contribution is -2.36. The van der Waals surface area contributed by atoms with Crippen molar-refractivity contribution in [1.82, 2.24) is 4.90 Å². The third-order valence-electron chi connectivity index (χ3n) is 3.86. The molecule has 5 nitrogen and oxygen atoms in total. The highest BCUT2D eigenvalue weighted by Gasteiger charge is 2.37. The number of nitrogens with zero attached hydrogens (tertiary/aromatic N) is 1. The highest BCUT2D eigenvalue weighted by molar-refractivity contribution is 9.10. The van der Waals surface area contributed by atoms with Crippen molar-refractivity contribution in [1.29, 1.82) is 0 Å². The zero-order chi connectivity index (χ0) is 19.3. The van der Waals surface area contributed by atoms with Crippen LogP contribution in [0.5, 0.6) is 11.5 Å². The molecule has 0 saturated carbocycles. The van der Waals surface area contributed by atoms with E-state index in [-0.39, 0.29) is 17.2 Å². The first-order chi connectivity index (χ1) is 12.4. The molecule has 1 aliphatic heterocycles. The van der Waals surface area contributed by atoms with Crippen molar-refractivity contribution in [2.45, 2.75) is 33.2 Å². The Balaban J connectivity index is 2.38. The highest BCUT2D eigenvalue weighted by atomic mass is 79.9. The van der Waals surface area contributed by atoms with Gasteiger partial charge in [-0.3, -0.25) is 14.5 Å². The van der Waals surface area contributed by atoms with Gasteiger partial charge in [-0.25, -0.2) is 0 Å². The van der Waals surface area contributed by atoms with Crippen LogP contribution >= 0.6 is 27.7 Å². The topological polar surface area (TPSA) is 55.8 Å². The van der Waals surface area contributed by atoms with Gasteiger partial charge in [-0.2, -0.15) is 0 Å². The Hall–Kier alpha value is -1.73. The molecule has 1 aromatic rings. The van der Waals surface area contributed by atoms with Crippen molar-refractivity contribution in [3.8, 4) is 11.5 Å². The molecule has 1 aliphatic rings. The summed E-state index contributed by atoms with van der Waals surface area (Å²) in [5.74, 6) is 0.902. The van der Waals surface area contributed by atoms with Crippen LogP contribution in [0.25, 0.3) is 6.08 Å². The van der Waals surface area contributed by atoms with E-state index in [2.05, 4.69) is 22.5 Å². The third kappa shape index (κ3) is 4.51. The van der Waals surface area contributed by atoms with Crippen LogP contribution in [-0.2, 0) is 4.79 Å². The maximum atomic E-state index is 12.6. The number of rotatable bonds is 8. The number of hydrogen-bond donors (Lipinski definition) is 0. The summed E-state index contributed by atoms with van der Waals surface area (Å²) in [7, 11) is 0. The van der Waals surface area contributed by atoms with E-state index in [1.54, 1.807) is 24.3 Å². The first kappa shape index (κ1) is 20.6. The summed E-state index contributed by atoms with van der Waals surface area (Å²) >= 11 is 4.46. The second-order valence-electron chi connectivity index (χ2n) is 5.66. The van der Waals surface area contributed by atoms with Gasteiger partial charge < -0.3 is 9.47 Å². The van der Waals surface area contributed by atoms with E-state index in [4.69, 9.17) is 9.47 Å². The molecule has 2 amide bonds. The molecular weight excluding hydrogens is 418 g/mol. The van der Waals surface area contributed by atoms with E-state index in [1.807, 2.05) is 20.8 Å². The summed E-state index contributed by atoms with van der Waals surface area (Å²) in [6.45, 7) is 10.2. The predicted octanol–water partition coefficient (Wildman–Crippen LogP) is 5.25. The van der Waals surface area contributed by atoms with Gasteiger partial charge in [0.05, 0.1) is 11.5 Å². The molecule has 0 radical (unpaired) electrons. The van der Waals surface area contributed by atoms with Crippen LogP contribution in [-0.4, -0.2) is 35.3 Å². The lowest BCUT2D eigenvalue weighted by Gasteiger charge is -2.19. The van der Waals surface area contributed by atoms with E-state index < -0.39 is 0 Å². The fraction of sp³-hybridized carbons (Fsp3) is 0.368. The zero-order valence-electron chi connectivity index (χ0n) is 15.1. The van der Waals surface area contributed by atoms with Gasteiger partial charge in [0.1, 0.15) is 6.61 Å². The molecule has 140 valence electrons. The van der Waals surface area contributed by atoms with Gasteiger partial charge in [0, 0.05) is 10.5 Å². The quantitative estimate of drug-likeness (QED) is 0.408. The van der Waals surface area contributed by atoms with Crippen molar-refractivity contribution < 1.29 is 19.1 Å². The monoisotopic (exact) mass is 439 g/mol. The summed E-state index contributed by atoms with van der Waals surface area (Å²) in [4.78, 5) is 26.5. The first-order valence-corrected chi connectivity index (χ1v) is 10.0. The number of benzene rings is 1. The minimum atomic E-state index is -0.258. The number of halogens is 1. The summed E-state index contributed by atoms with van der Waals surface area (Å²) in [6.07, 6.45) is 4.08. The number of ether oxygens (including phenoxy) is 2. The van der Waals surface area contributed by atoms with E-state index >= 15 is 0 Å². The lowest BCUT2D eigenvalue weighted by atomic mass is 10.1. The van der Waals surface area contributed by atoms with Gasteiger partial charge >= 0.3 is 0 Å². The average molecular weight is 440 g/mol. The molecule has 0 aromatic heterocycles. The molecule has 7 heteroatoms. The normalized spacial score (nSPS) is 16.9. The Bertz CT molecular complexity index is 747. The van der Waals surface area contributed by atoms with Gasteiger partial charge in [0.25, 0.3) is 11.1 Å². The fourth-order valence-corrected chi connectivity index (χ4v) is 3.73. The summed E-state index contributed by atoms with van der Waals surface area (Å²) < 4.78 is 12.0. The van der Waals surface area contributed by atoms with E-state index in [0.29, 0.717) is 29.6 Å². The SMILES string of the molecule is C=CCOc1cc(Br)c(/C=C2/SC(=O)N([C@H](C)CC)C2=O)cc1OCC. The molecule has 0 aliphatic carbocycles. The van der Waals surface area contributed by atoms with Crippen molar-refractivity contribution in [2.75, 3.05) is 13.2 Å². The zero-order valence-corrected chi connectivity index (χ0v) is 17.5. The number of thioether (sulfide) groups is 1. The van der Waals surface area contributed by atoms with Crippen LogP contribution in [0.15, 0.2) is 34.2 Å². The molecule has 0 unspecified atom stereocenters. The number of amides is 2. The number of hydrogen-bond acceptors (Lipinski definition) is 5. The molecule has 26 heavy (non-hydrogen) atoms. The molecule has 0 spiro atoms. The van der Waals surface area contributed by atoms with Gasteiger partial charge in [-0.1, -0.05) is 35.5 Å². The molecule has 1 atom stereocenters. The summed E-state index contributed by atoms with van der Waals surface area (Å²) in [6, 6.07) is 3.47. The number of carbonyl (C=O) groups is 2. The molecule has 1 saturated heterocycles. The van der Waals surface area contributed by atoms with Crippen LogP contribution in [0.3, 0.4) is 0 Å². The smallest absolute Gasteiger partial charge is 0.293 e. The van der Waals surface area contributed by atoms with Crippen LogP contribution < -0.4 is 9.47 Å². The van der Waals surface area contributed by atoms with Crippen molar-refractivity contribution in [3.63, 3.8) is 0 Å². The van der Waals surface area contributed by atoms with Gasteiger partial charge in [0.2, 0.25) is 0 Å². The lowest BCUT2D eigenvalue weighted by molar-refractivity contribution is -0.124. The van der Waals surface area contributed by atoms with Gasteiger partial charge in [-0.15, -0.1) is 0 Å². The van der Waals surface area contributed by atoms with Crippen LogP contribution in [0.2, 0.25) is 0 Å². The molecule has 1 heterocycles. The molecular formula is C19H22BrNO4S. The summed E-state index contributed by atoms with van der Waals surface area (Å²) in [5, 5.41) is -0.234. The number of imide groups is 1. The minimum absolute atomic E-state index is 0.120. The molecule has 0 N–H and O–H groups in total. The second-order valence-corrected chi connectivity index (χ2v) is 7.51. The number of carbonyl (C=O) groups excluding carboxylic acids is 2. The summed E-state index contributed by atoms with van der Waals surface area (Å²) in [5.41, 5.74) is 0.744. The maximum absolute atomic E-state index is 12.6. The van der Waals surface area contributed by atoms with Crippen LogP contribution in [0, 0.1) is 0 Å². The average Bonchev–Trinajstić information content (AvgIpc) is 2.89. The van der Waals surface area contributed by atoms with E-state index in [1.165, 1.54) is 4.90 Å². The Labute approximate surface area is 166 Å². The van der Waals surface area contributed by atoms with Crippen molar-refractivity contribution in [2.24, 2.45) is 0 Å². The second kappa shape index (κ2) is 9.28. The van der Waals surface area contributed by atoms with Crippen molar-refractivity contribution in [3.05, 3.63) is 39.7 Å². The Morgan fingerprint density at radius 2 is 1.96 bits per heavy atom. The Morgan fingerprint density at radius 3 is 2.58 bits per heavy atom. The van der Waals surface area contributed by atoms with E-state index in [9.17, 15) is 9.59 Å². The fourth-order valence-electron chi connectivity index (χ4n) is 2.37. The third-order valence-corrected chi connectivity index (χ3v) is 5.43. The van der Waals surface area contributed by atoms with Crippen LogP contribution in [0.4, 0.5) is 4.79 Å². The first-order valence-electron chi connectivity index (χ1n) is 8.39. The maximum Gasteiger partial charge on any atom is 0.293 e. The largest absolute Gasteiger partial charge is 0.490 e. The minimum Gasteiger partial charge on any atom is -0.490 e. The standard InChI is InChI=1S/C19H22BrNO4S/c1-5-8-25-16-11-14(20)13(9-15(16)24-7-3)10-17-18(22)21(12(4)6-2)19(23)26-17/h5,9-12H,1,6-8H2,2-4H3/b17-10+/t12-/m1/s1. The highest BCUT2D eigenvalue weighted by Crippen LogP contribution is 2.38. The molecule has 1 fully saturated rings. The van der Waals surface area contributed by atoms with E-state index in [0.717, 1.165) is 28.2 Å². The van der Waals surface area contributed by atoms with Gasteiger partial charge in [-0.05, 0) is 55.8 Å². The molecule has 0 bridgehead atoms.